The Kier molecular flexibility index (Phi) is 4.14. The molecule has 0 amide bonds. The Morgan fingerprint density at radius 3 is 3.00 bits per heavy atom. The molecule has 0 spiro atoms. The molecule has 7 heteroatoms. The van der Waals surface area contributed by atoms with E-state index in [0.717, 1.165) is 10.9 Å². The molecule has 0 aliphatic rings. The molecule has 4 N–H and O–H groups in total. The van der Waals surface area contributed by atoms with Crippen molar-refractivity contribution in [1.29, 1.82) is 0 Å². The average molecular weight is 314 g/mol. The van der Waals surface area contributed by atoms with Crippen molar-refractivity contribution in [3.63, 3.8) is 0 Å². The number of ether oxygens (including phenoxy) is 1. The second kappa shape index (κ2) is 6.23. The van der Waals surface area contributed by atoms with E-state index in [4.69, 9.17) is 10.5 Å². The van der Waals surface area contributed by atoms with Gasteiger partial charge in [-0.15, -0.1) is 0 Å². The Bertz CT molecular complexity index is 884. The largest absolute Gasteiger partial charge is 0.497 e. The third-order valence-corrected chi connectivity index (χ3v) is 3.69. The number of aliphatic hydroxyl groups excluding tert-OH is 1. The summed E-state index contributed by atoms with van der Waals surface area (Å²) in [5.41, 5.74) is 6.36. The van der Waals surface area contributed by atoms with Crippen LogP contribution >= 0.6 is 0 Å². The summed E-state index contributed by atoms with van der Waals surface area (Å²) in [5.74, 6) is 1.20. The van der Waals surface area contributed by atoms with Crippen LogP contribution in [0.15, 0.2) is 41.5 Å². The third kappa shape index (κ3) is 2.96. The van der Waals surface area contributed by atoms with E-state index in [2.05, 4.69) is 9.97 Å². The van der Waals surface area contributed by atoms with Crippen LogP contribution in [-0.2, 0) is 6.54 Å². The third-order valence-electron chi connectivity index (χ3n) is 3.69. The first-order valence-corrected chi connectivity index (χ1v) is 7.23. The van der Waals surface area contributed by atoms with Crippen LogP contribution in [0.1, 0.15) is 0 Å². The summed E-state index contributed by atoms with van der Waals surface area (Å²) < 4.78 is 6.93. The Labute approximate surface area is 132 Å². The molecule has 2 heterocycles. The number of hydrogen-bond donors (Lipinski definition) is 3. The number of hydrogen-bond acceptors (Lipinski definition) is 5. The number of benzene rings is 1. The second-order valence-corrected chi connectivity index (χ2v) is 5.26. The first-order valence-electron chi connectivity index (χ1n) is 7.23. The number of imidazole rings is 1. The highest BCUT2D eigenvalue weighted by molar-refractivity contribution is 5.83. The molecule has 0 bridgehead atoms. The maximum absolute atomic E-state index is 12.4. The summed E-state index contributed by atoms with van der Waals surface area (Å²) in [7, 11) is 1.59. The molecule has 0 fully saturated rings. The standard InChI is InChI=1S/C16H18N4O3/c1-23-12-2-3-14-10(6-12)7-13(16(22)19-14)15-18-4-5-20(15)9-11(21)8-17/h2-7,11,21H,8-9,17H2,1H3,(H,19,22). The average Bonchev–Trinajstić information content (AvgIpc) is 3.01. The highest BCUT2D eigenvalue weighted by atomic mass is 16.5. The van der Waals surface area contributed by atoms with E-state index in [0.29, 0.717) is 17.1 Å². The molecule has 1 aromatic carbocycles. The Morgan fingerprint density at radius 1 is 1.43 bits per heavy atom. The van der Waals surface area contributed by atoms with Crippen molar-refractivity contribution in [3.05, 3.63) is 47.0 Å². The van der Waals surface area contributed by atoms with Crippen LogP contribution in [0.4, 0.5) is 0 Å². The lowest BCUT2D eigenvalue weighted by Gasteiger charge is -2.12. The second-order valence-electron chi connectivity index (χ2n) is 5.26. The van der Waals surface area contributed by atoms with Crippen LogP contribution in [0.2, 0.25) is 0 Å². The maximum Gasteiger partial charge on any atom is 0.259 e. The van der Waals surface area contributed by atoms with Gasteiger partial charge in [0.2, 0.25) is 0 Å². The summed E-state index contributed by atoms with van der Waals surface area (Å²) in [4.78, 5) is 19.5. The molecule has 1 atom stereocenters. The Hall–Kier alpha value is -2.64. The van der Waals surface area contributed by atoms with Gasteiger partial charge in [-0.3, -0.25) is 4.79 Å². The molecule has 0 aliphatic carbocycles. The number of aromatic amines is 1. The zero-order valence-electron chi connectivity index (χ0n) is 12.7. The van der Waals surface area contributed by atoms with E-state index in [1.165, 1.54) is 0 Å². The minimum Gasteiger partial charge on any atom is -0.497 e. The van der Waals surface area contributed by atoms with Crippen LogP contribution in [0.3, 0.4) is 0 Å². The van der Waals surface area contributed by atoms with Gasteiger partial charge in [-0.1, -0.05) is 0 Å². The number of H-pyrrole nitrogens is 1. The number of pyridine rings is 1. The van der Waals surface area contributed by atoms with Gasteiger partial charge in [0.1, 0.15) is 11.6 Å². The fraction of sp³-hybridized carbons (Fsp3) is 0.250. The molecule has 0 radical (unpaired) electrons. The predicted molar refractivity (Wildman–Crippen MR) is 87.4 cm³/mol. The minimum absolute atomic E-state index is 0.142. The number of rotatable bonds is 5. The van der Waals surface area contributed by atoms with Gasteiger partial charge in [0, 0.05) is 29.8 Å². The van der Waals surface area contributed by atoms with Gasteiger partial charge < -0.3 is 25.1 Å². The molecule has 2 aromatic heterocycles. The molecular weight excluding hydrogens is 296 g/mol. The lowest BCUT2D eigenvalue weighted by Crippen LogP contribution is -2.25. The molecule has 120 valence electrons. The van der Waals surface area contributed by atoms with Gasteiger partial charge in [-0.25, -0.2) is 4.98 Å². The molecule has 3 aromatic rings. The number of methoxy groups -OCH3 is 1. The van der Waals surface area contributed by atoms with Crippen molar-refractivity contribution in [1.82, 2.24) is 14.5 Å². The summed E-state index contributed by atoms with van der Waals surface area (Å²) in [5, 5.41) is 10.6. The monoisotopic (exact) mass is 314 g/mol. The maximum atomic E-state index is 12.4. The summed E-state index contributed by atoms with van der Waals surface area (Å²) >= 11 is 0. The molecule has 7 nitrogen and oxygen atoms in total. The summed E-state index contributed by atoms with van der Waals surface area (Å²) in [6.45, 7) is 0.421. The van der Waals surface area contributed by atoms with E-state index in [9.17, 15) is 9.90 Å². The van der Waals surface area contributed by atoms with E-state index in [-0.39, 0.29) is 18.6 Å². The van der Waals surface area contributed by atoms with Gasteiger partial charge in [-0.2, -0.15) is 0 Å². The van der Waals surface area contributed by atoms with E-state index >= 15 is 0 Å². The topological polar surface area (TPSA) is 106 Å². The van der Waals surface area contributed by atoms with Gasteiger partial charge >= 0.3 is 0 Å². The molecule has 23 heavy (non-hydrogen) atoms. The minimum atomic E-state index is -0.692. The molecule has 0 saturated heterocycles. The number of nitrogens with one attached hydrogen (secondary N) is 1. The first kappa shape index (κ1) is 15.3. The number of nitrogens with two attached hydrogens (primary N) is 1. The van der Waals surface area contributed by atoms with Gasteiger partial charge in [0.15, 0.2) is 0 Å². The fourth-order valence-corrected chi connectivity index (χ4v) is 2.48. The van der Waals surface area contributed by atoms with Crippen molar-refractivity contribution in [2.75, 3.05) is 13.7 Å². The van der Waals surface area contributed by atoms with Gasteiger partial charge in [0.05, 0.1) is 25.3 Å². The highest BCUT2D eigenvalue weighted by Gasteiger charge is 2.13. The Balaban J connectivity index is 2.11. The molecule has 3 rings (SSSR count). The van der Waals surface area contributed by atoms with Crippen LogP contribution in [-0.4, -0.2) is 39.4 Å². The molecule has 0 aliphatic heterocycles. The lowest BCUT2D eigenvalue weighted by molar-refractivity contribution is 0.162. The number of fused-ring (bicyclic) bond motifs is 1. The van der Waals surface area contributed by atoms with E-state index in [1.807, 2.05) is 6.07 Å². The van der Waals surface area contributed by atoms with Crippen molar-refractivity contribution in [3.8, 4) is 17.1 Å². The van der Waals surface area contributed by atoms with Crippen molar-refractivity contribution >= 4 is 10.9 Å². The number of aliphatic hydroxyl groups is 1. The molecule has 0 saturated carbocycles. The predicted octanol–water partition coefficient (Wildman–Crippen LogP) is 0.720. The van der Waals surface area contributed by atoms with Crippen molar-refractivity contribution < 1.29 is 9.84 Å². The van der Waals surface area contributed by atoms with Crippen LogP contribution in [0.25, 0.3) is 22.3 Å². The van der Waals surface area contributed by atoms with E-state index < -0.39 is 6.10 Å². The van der Waals surface area contributed by atoms with Crippen LogP contribution < -0.4 is 16.0 Å². The van der Waals surface area contributed by atoms with Crippen molar-refractivity contribution in [2.45, 2.75) is 12.6 Å². The smallest absolute Gasteiger partial charge is 0.259 e. The van der Waals surface area contributed by atoms with E-state index in [1.54, 1.807) is 42.3 Å². The zero-order chi connectivity index (χ0) is 16.4. The fourth-order valence-electron chi connectivity index (χ4n) is 2.48. The number of aromatic nitrogens is 3. The molecular formula is C16H18N4O3. The molecule has 1 unspecified atom stereocenters. The Morgan fingerprint density at radius 2 is 2.26 bits per heavy atom. The lowest BCUT2D eigenvalue weighted by atomic mass is 10.1. The first-order chi connectivity index (χ1) is 11.1. The van der Waals surface area contributed by atoms with Crippen molar-refractivity contribution in [2.24, 2.45) is 5.73 Å². The van der Waals surface area contributed by atoms with Gasteiger partial charge in [-0.05, 0) is 24.3 Å². The summed E-state index contributed by atoms with van der Waals surface area (Å²) in [6.07, 6.45) is 2.61. The normalized spacial score (nSPS) is 12.5. The highest BCUT2D eigenvalue weighted by Crippen LogP contribution is 2.22. The quantitative estimate of drug-likeness (QED) is 0.643. The SMILES string of the molecule is COc1ccc2[nH]c(=O)c(-c3nccn3CC(O)CN)cc2c1. The van der Waals surface area contributed by atoms with Gasteiger partial charge in [0.25, 0.3) is 5.56 Å². The zero-order valence-corrected chi connectivity index (χ0v) is 12.7. The summed E-state index contributed by atoms with van der Waals surface area (Å²) in [6, 6.07) is 7.20. The number of nitrogens with zero attached hydrogens (tertiary/aromatic N) is 2. The van der Waals surface area contributed by atoms with Crippen LogP contribution in [0, 0.1) is 0 Å². The van der Waals surface area contributed by atoms with Crippen LogP contribution in [0.5, 0.6) is 5.75 Å².